The molecule has 0 saturated carbocycles. The zero-order valence-electron chi connectivity index (χ0n) is 21.4. The molecule has 0 aliphatic rings. The first kappa shape index (κ1) is 27.8. The molecule has 0 saturated heterocycles. The summed E-state index contributed by atoms with van der Waals surface area (Å²) in [6.07, 6.45) is 3.46. The third-order valence-electron chi connectivity index (χ3n) is 5.92. The molecular formula is C29H36N2O3S2. The number of amides is 1. The topological polar surface area (TPSA) is 66.5 Å². The maximum Gasteiger partial charge on any atom is 0.264 e. The largest absolute Gasteiger partial charge is 0.378 e. The molecule has 7 heteroatoms. The molecule has 3 rings (SSSR count). The van der Waals surface area contributed by atoms with E-state index in [0.29, 0.717) is 12.0 Å². The van der Waals surface area contributed by atoms with E-state index >= 15 is 0 Å². The van der Waals surface area contributed by atoms with E-state index in [9.17, 15) is 13.2 Å². The highest BCUT2D eigenvalue weighted by Crippen LogP contribution is 2.26. The summed E-state index contributed by atoms with van der Waals surface area (Å²) in [4.78, 5) is 14.4. The lowest BCUT2D eigenvalue weighted by molar-refractivity contribution is 0.0981. The van der Waals surface area contributed by atoms with Gasteiger partial charge in [0.1, 0.15) is 0 Å². The molecule has 0 fully saturated rings. The Morgan fingerprint density at radius 3 is 2.08 bits per heavy atom. The third kappa shape index (κ3) is 8.71. The number of carbonyl (C=O) groups excluding carboxylic acids is 1. The van der Waals surface area contributed by atoms with E-state index in [4.69, 9.17) is 0 Å². The summed E-state index contributed by atoms with van der Waals surface area (Å²) in [5.74, 6) is 1.11. The van der Waals surface area contributed by atoms with Gasteiger partial charge in [0.05, 0.1) is 5.75 Å². The van der Waals surface area contributed by atoms with Crippen LogP contribution in [-0.4, -0.2) is 34.2 Å². The molecule has 0 bridgehead atoms. The standard InChI is InChI=1S/C29H36N2O3S2/c1-4-5-6-7-19-36(33,34)30-29(32)26-17-13-24(14-18-26)22-35-21-23-11-15-25(16-12-23)27-9-8-10-28(20-27)31(2)3/h8-18,20H,4-7,19,21-22H2,1-3H3,(H,30,32). The lowest BCUT2D eigenvalue weighted by Crippen LogP contribution is -2.32. The highest BCUT2D eigenvalue weighted by molar-refractivity contribution is 7.97. The monoisotopic (exact) mass is 524 g/mol. The van der Waals surface area contributed by atoms with E-state index in [1.165, 1.54) is 22.4 Å². The van der Waals surface area contributed by atoms with Gasteiger partial charge in [-0.05, 0) is 52.9 Å². The quantitative estimate of drug-likeness (QED) is 0.259. The van der Waals surface area contributed by atoms with E-state index < -0.39 is 15.9 Å². The number of carbonyl (C=O) groups is 1. The van der Waals surface area contributed by atoms with E-state index in [0.717, 1.165) is 36.3 Å². The van der Waals surface area contributed by atoms with Crippen LogP contribution in [0.2, 0.25) is 0 Å². The van der Waals surface area contributed by atoms with Gasteiger partial charge < -0.3 is 4.90 Å². The fraction of sp³-hybridized carbons (Fsp3) is 0.345. The molecule has 0 aromatic heterocycles. The van der Waals surface area contributed by atoms with Crippen molar-refractivity contribution in [3.05, 3.63) is 89.5 Å². The smallest absolute Gasteiger partial charge is 0.264 e. The zero-order valence-corrected chi connectivity index (χ0v) is 23.0. The number of rotatable bonds is 13. The fourth-order valence-electron chi connectivity index (χ4n) is 3.77. The highest BCUT2D eigenvalue weighted by Gasteiger charge is 2.15. The van der Waals surface area contributed by atoms with Gasteiger partial charge in [-0.1, -0.05) is 74.7 Å². The van der Waals surface area contributed by atoms with Gasteiger partial charge in [-0.2, -0.15) is 11.8 Å². The van der Waals surface area contributed by atoms with Crippen molar-refractivity contribution in [2.75, 3.05) is 24.7 Å². The molecule has 0 unspecified atom stereocenters. The van der Waals surface area contributed by atoms with Gasteiger partial charge in [0.25, 0.3) is 5.91 Å². The summed E-state index contributed by atoms with van der Waals surface area (Å²) in [6.45, 7) is 2.07. The number of unbranched alkanes of at least 4 members (excludes halogenated alkanes) is 3. The summed E-state index contributed by atoms with van der Waals surface area (Å²) in [5.41, 5.74) is 6.29. The second-order valence-electron chi connectivity index (χ2n) is 9.14. The molecule has 0 radical (unpaired) electrons. The first-order valence-corrected chi connectivity index (χ1v) is 15.2. The predicted octanol–water partition coefficient (Wildman–Crippen LogP) is 6.49. The number of hydrogen-bond acceptors (Lipinski definition) is 5. The number of nitrogens with one attached hydrogen (secondary N) is 1. The van der Waals surface area contributed by atoms with Gasteiger partial charge in [-0.25, -0.2) is 13.1 Å². The minimum absolute atomic E-state index is 0.0170. The number of benzene rings is 3. The van der Waals surface area contributed by atoms with Crippen molar-refractivity contribution in [2.24, 2.45) is 0 Å². The first-order valence-electron chi connectivity index (χ1n) is 12.4. The Hall–Kier alpha value is -2.77. The lowest BCUT2D eigenvalue weighted by Gasteiger charge is -2.13. The highest BCUT2D eigenvalue weighted by atomic mass is 32.2. The van der Waals surface area contributed by atoms with Crippen LogP contribution in [0.3, 0.4) is 0 Å². The van der Waals surface area contributed by atoms with Gasteiger partial charge >= 0.3 is 0 Å². The van der Waals surface area contributed by atoms with E-state index in [1.807, 2.05) is 26.2 Å². The van der Waals surface area contributed by atoms with Crippen LogP contribution < -0.4 is 9.62 Å². The van der Waals surface area contributed by atoms with E-state index in [2.05, 4.69) is 65.1 Å². The Morgan fingerprint density at radius 2 is 1.47 bits per heavy atom. The molecule has 3 aromatic carbocycles. The van der Waals surface area contributed by atoms with Gasteiger partial charge in [0.2, 0.25) is 10.0 Å². The normalized spacial score (nSPS) is 11.3. The van der Waals surface area contributed by atoms with Crippen LogP contribution in [0.4, 0.5) is 5.69 Å². The minimum atomic E-state index is -3.60. The summed E-state index contributed by atoms with van der Waals surface area (Å²) in [6, 6.07) is 24.3. The second kappa shape index (κ2) is 13.5. The summed E-state index contributed by atoms with van der Waals surface area (Å²) in [7, 11) is 0.491. The number of hydrogen-bond donors (Lipinski definition) is 1. The van der Waals surface area contributed by atoms with Crippen molar-refractivity contribution >= 4 is 33.4 Å². The van der Waals surface area contributed by atoms with Crippen LogP contribution in [0.25, 0.3) is 11.1 Å². The Bertz CT molecular complexity index is 1220. The van der Waals surface area contributed by atoms with Crippen LogP contribution in [0.15, 0.2) is 72.8 Å². The van der Waals surface area contributed by atoms with Crippen LogP contribution >= 0.6 is 11.8 Å². The molecule has 3 aromatic rings. The Kier molecular flexibility index (Phi) is 10.4. The summed E-state index contributed by atoms with van der Waals surface area (Å²) < 4.78 is 26.4. The van der Waals surface area contributed by atoms with Crippen molar-refractivity contribution in [1.29, 1.82) is 0 Å². The molecular weight excluding hydrogens is 488 g/mol. The molecule has 1 amide bonds. The number of nitrogens with zero attached hydrogens (tertiary/aromatic N) is 1. The van der Waals surface area contributed by atoms with Crippen molar-refractivity contribution in [3.63, 3.8) is 0 Å². The minimum Gasteiger partial charge on any atom is -0.378 e. The molecule has 0 aliphatic heterocycles. The number of anilines is 1. The van der Waals surface area contributed by atoms with Crippen molar-refractivity contribution in [2.45, 2.75) is 44.1 Å². The predicted molar refractivity (Wildman–Crippen MR) is 153 cm³/mol. The summed E-state index contributed by atoms with van der Waals surface area (Å²) in [5, 5.41) is 0. The molecule has 5 nitrogen and oxygen atoms in total. The average molecular weight is 525 g/mol. The molecule has 0 atom stereocenters. The van der Waals surface area contributed by atoms with Gasteiger partial charge in [0.15, 0.2) is 0 Å². The maximum atomic E-state index is 12.3. The van der Waals surface area contributed by atoms with E-state index in [-0.39, 0.29) is 5.75 Å². The van der Waals surface area contributed by atoms with Crippen molar-refractivity contribution < 1.29 is 13.2 Å². The molecule has 192 valence electrons. The Morgan fingerprint density at radius 1 is 0.833 bits per heavy atom. The molecule has 1 N–H and O–H groups in total. The first-order chi connectivity index (χ1) is 17.3. The fourth-order valence-corrected chi connectivity index (χ4v) is 5.81. The number of sulfonamides is 1. The maximum absolute atomic E-state index is 12.3. The number of thioether (sulfide) groups is 1. The van der Waals surface area contributed by atoms with Crippen LogP contribution in [-0.2, 0) is 21.5 Å². The van der Waals surface area contributed by atoms with Gasteiger partial charge in [-0.15, -0.1) is 0 Å². The van der Waals surface area contributed by atoms with E-state index in [1.54, 1.807) is 23.9 Å². The Labute approximate surface area is 220 Å². The molecule has 0 heterocycles. The third-order valence-corrected chi connectivity index (χ3v) is 8.32. The Balaban J connectivity index is 1.47. The molecule has 0 aliphatic carbocycles. The second-order valence-corrected chi connectivity index (χ2v) is 12.0. The lowest BCUT2D eigenvalue weighted by atomic mass is 10.0. The molecule has 0 spiro atoms. The van der Waals surface area contributed by atoms with Gasteiger partial charge in [0, 0.05) is 36.9 Å². The van der Waals surface area contributed by atoms with Gasteiger partial charge in [-0.3, -0.25) is 4.79 Å². The van der Waals surface area contributed by atoms with Crippen LogP contribution in [0, 0.1) is 0 Å². The summed E-state index contributed by atoms with van der Waals surface area (Å²) >= 11 is 1.80. The molecule has 36 heavy (non-hydrogen) atoms. The average Bonchev–Trinajstić information content (AvgIpc) is 2.87. The van der Waals surface area contributed by atoms with Crippen LogP contribution in [0.5, 0.6) is 0 Å². The van der Waals surface area contributed by atoms with Crippen LogP contribution in [0.1, 0.15) is 54.1 Å². The van der Waals surface area contributed by atoms with Crippen molar-refractivity contribution in [1.82, 2.24) is 4.72 Å². The van der Waals surface area contributed by atoms with Crippen molar-refractivity contribution in [3.8, 4) is 11.1 Å². The SMILES string of the molecule is CCCCCCS(=O)(=O)NC(=O)c1ccc(CSCc2ccc(-c3cccc(N(C)C)c3)cc2)cc1. The zero-order chi connectivity index (χ0) is 26.0.